The number of para-hydroxylation sites is 1. The van der Waals surface area contributed by atoms with Crippen molar-refractivity contribution in [1.29, 1.82) is 0 Å². The van der Waals surface area contributed by atoms with E-state index in [1.54, 1.807) is 12.1 Å². The van der Waals surface area contributed by atoms with Crippen molar-refractivity contribution in [2.75, 3.05) is 12.3 Å². The summed E-state index contributed by atoms with van der Waals surface area (Å²) in [4.78, 5) is 8.50. The Morgan fingerprint density at radius 1 is 0.957 bits per heavy atom. The van der Waals surface area contributed by atoms with Crippen LogP contribution in [0, 0.1) is 0 Å². The Labute approximate surface area is 148 Å². The van der Waals surface area contributed by atoms with Crippen molar-refractivity contribution in [3.05, 3.63) is 57.2 Å². The molecule has 1 aromatic heterocycles. The van der Waals surface area contributed by atoms with E-state index in [1.807, 2.05) is 24.3 Å². The molecule has 0 spiro atoms. The molecule has 0 aliphatic heterocycles. The molecule has 0 bridgehead atoms. The number of nitrogen functional groups attached to an aromatic ring is 1. The van der Waals surface area contributed by atoms with E-state index in [4.69, 9.17) is 45.3 Å². The predicted molar refractivity (Wildman–Crippen MR) is 94.6 cm³/mol. The van der Waals surface area contributed by atoms with Crippen LogP contribution in [0.2, 0.25) is 15.1 Å². The zero-order valence-corrected chi connectivity index (χ0v) is 14.2. The molecule has 4 nitrogen and oxygen atoms in total. The zero-order chi connectivity index (χ0) is 16.4. The van der Waals surface area contributed by atoms with Crippen LogP contribution in [0.4, 0.5) is 5.95 Å². The fraction of sp³-hybridized carbons (Fsp3) is 0.125. The van der Waals surface area contributed by atoms with Gasteiger partial charge in [-0.1, -0.05) is 53.0 Å². The van der Waals surface area contributed by atoms with Gasteiger partial charge in [0.15, 0.2) is 0 Å². The normalized spacial score (nSPS) is 10.9. The monoisotopic (exact) mass is 367 g/mol. The minimum absolute atomic E-state index is 0.242. The highest BCUT2D eigenvalue weighted by atomic mass is 35.5. The first-order chi connectivity index (χ1) is 11.0. The zero-order valence-electron chi connectivity index (χ0n) is 11.9. The van der Waals surface area contributed by atoms with E-state index in [9.17, 15) is 0 Å². The molecule has 0 saturated carbocycles. The number of fused-ring (bicyclic) bond motifs is 1. The maximum Gasteiger partial charge on any atom is 0.220 e. The lowest BCUT2D eigenvalue weighted by Crippen LogP contribution is -2.07. The maximum absolute atomic E-state index is 6.09. The molecule has 0 aliphatic carbocycles. The molecular formula is C16H12Cl3N3O. The van der Waals surface area contributed by atoms with E-state index in [-0.39, 0.29) is 5.95 Å². The second-order valence-corrected chi connectivity index (χ2v) is 6.06. The Bertz CT molecular complexity index is 871. The van der Waals surface area contributed by atoms with Crippen LogP contribution in [0.25, 0.3) is 10.9 Å². The molecule has 0 amide bonds. The fourth-order valence-electron chi connectivity index (χ4n) is 2.23. The van der Waals surface area contributed by atoms with Crippen molar-refractivity contribution in [2.24, 2.45) is 0 Å². The Hall–Kier alpha value is -1.75. The predicted octanol–water partition coefficient (Wildman–Crippen LogP) is 4.79. The standard InChI is InChI=1S/C16H12Cl3N3O/c17-10-7-12(19)15(8-11(10)18)23-6-5-14-9-3-1-2-4-13(9)21-16(20)22-14/h1-4,7-8H,5-6H2,(H2,20,21,22). The van der Waals surface area contributed by atoms with Gasteiger partial charge in [0, 0.05) is 17.9 Å². The first-order valence-electron chi connectivity index (χ1n) is 6.83. The molecule has 2 aromatic carbocycles. The summed E-state index contributed by atoms with van der Waals surface area (Å²) in [5.74, 6) is 0.721. The molecule has 2 N–H and O–H groups in total. The van der Waals surface area contributed by atoms with Crippen molar-refractivity contribution in [3.8, 4) is 5.75 Å². The van der Waals surface area contributed by atoms with Crippen LogP contribution in [-0.4, -0.2) is 16.6 Å². The molecule has 3 aromatic rings. The minimum atomic E-state index is 0.242. The summed E-state index contributed by atoms with van der Waals surface area (Å²) < 4.78 is 5.69. The van der Waals surface area contributed by atoms with Crippen LogP contribution in [0.5, 0.6) is 5.75 Å². The lowest BCUT2D eigenvalue weighted by Gasteiger charge is -2.10. The summed E-state index contributed by atoms with van der Waals surface area (Å²) in [6.07, 6.45) is 0.559. The third-order valence-corrected chi connectivity index (χ3v) is 4.29. The van der Waals surface area contributed by atoms with Gasteiger partial charge in [-0.3, -0.25) is 0 Å². The number of benzene rings is 2. The van der Waals surface area contributed by atoms with Crippen molar-refractivity contribution in [1.82, 2.24) is 9.97 Å². The summed E-state index contributed by atoms with van der Waals surface area (Å²) >= 11 is 18.0. The fourth-order valence-corrected chi connectivity index (χ4v) is 2.82. The van der Waals surface area contributed by atoms with Crippen LogP contribution >= 0.6 is 34.8 Å². The summed E-state index contributed by atoms with van der Waals surface area (Å²) in [6, 6.07) is 10.8. The molecule has 0 saturated heterocycles. The number of aromatic nitrogens is 2. The van der Waals surface area contributed by atoms with Crippen LogP contribution < -0.4 is 10.5 Å². The third kappa shape index (κ3) is 3.61. The van der Waals surface area contributed by atoms with Crippen LogP contribution in [0.3, 0.4) is 0 Å². The molecule has 0 aliphatic rings. The van der Waals surface area contributed by atoms with E-state index in [0.717, 1.165) is 16.6 Å². The molecule has 3 rings (SSSR count). The number of hydrogen-bond donors (Lipinski definition) is 1. The van der Waals surface area contributed by atoms with Gasteiger partial charge in [0.2, 0.25) is 5.95 Å². The molecule has 7 heteroatoms. The lowest BCUT2D eigenvalue weighted by molar-refractivity contribution is 0.321. The highest BCUT2D eigenvalue weighted by Crippen LogP contribution is 2.33. The van der Waals surface area contributed by atoms with Crippen molar-refractivity contribution in [3.63, 3.8) is 0 Å². The van der Waals surface area contributed by atoms with Gasteiger partial charge in [0.25, 0.3) is 0 Å². The Morgan fingerprint density at radius 3 is 2.52 bits per heavy atom. The SMILES string of the molecule is Nc1nc(CCOc2cc(Cl)c(Cl)cc2Cl)c2ccccc2n1. The molecule has 0 unspecified atom stereocenters. The number of nitrogens with zero attached hydrogens (tertiary/aromatic N) is 2. The van der Waals surface area contributed by atoms with Crippen molar-refractivity contribution in [2.45, 2.75) is 6.42 Å². The Morgan fingerprint density at radius 2 is 1.70 bits per heavy atom. The second-order valence-electron chi connectivity index (χ2n) is 4.84. The third-order valence-electron chi connectivity index (χ3n) is 3.27. The molecule has 23 heavy (non-hydrogen) atoms. The lowest BCUT2D eigenvalue weighted by atomic mass is 10.1. The highest BCUT2D eigenvalue weighted by Gasteiger charge is 2.09. The summed E-state index contributed by atoms with van der Waals surface area (Å²) in [6.45, 7) is 0.373. The van der Waals surface area contributed by atoms with Gasteiger partial charge in [-0.05, 0) is 12.1 Å². The molecule has 1 heterocycles. The van der Waals surface area contributed by atoms with Gasteiger partial charge in [-0.15, -0.1) is 0 Å². The van der Waals surface area contributed by atoms with Gasteiger partial charge in [0.05, 0.1) is 32.9 Å². The van der Waals surface area contributed by atoms with Crippen molar-refractivity contribution < 1.29 is 4.74 Å². The van der Waals surface area contributed by atoms with Crippen LogP contribution in [0.15, 0.2) is 36.4 Å². The molecular weight excluding hydrogens is 357 g/mol. The van der Waals surface area contributed by atoms with E-state index in [0.29, 0.717) is 33.8 Å². The first kappa shape index (κ1) is 16.1. The smallest absolute Gasteiger partial charge is 0.220 e. The van der Waals surface area contributed by atoms with E-state index in [2.05, 4.69) is 9.97 Å². The van der Waals surface area contributed by atoms with Crippen LogP contribution in [0.1, 0.15) is 5.69 Å². The molecule has 118 valence electrons. The number of ether oxygens (including phenoxy) is 1. The van der Waals surface area contributed by atoms with Gasteiger partial charge in [0.1, 0.15) is 5.75 Å². The number of anilines is 1. The van der Waals surface area contributed by atoms with E-state index >= 15 is 0 Å². The van der Waals surface area contributed by atoms with Crippen LogP contribution in [-0.2, 0) is 6.42 Å². The average Bonchev–Trinajstić information content (AvgIpc) is 2.52. The number of nitrogens with two attached hydrogens (primary N) is 1. The summed E-state index contributed by atoms with van der Waals surface area (Å²) in [5.41, 5.74) is 7.38. The van der Waals surface area contributed by atoms with E-state index < -0.39 is 0 Å². The Balaban J connectivity index is 1.78. The quantitative estimate of drug-likeness (QED) is 0.672. The molecule has 0 radical (unpaired) electrons. The van der Waals surface area contributed by atoms with Gasteiger partial charge in [-0.25, -0.2) is 9.97 Å². The molecule has 0 atom stereocenters. The minimum Gasteiger partial charge on any atom is -0.492 e. The second kappa shape index (κ2) is 6.79. The topological polar surface area (TPSA) is 61.0 Å². The largest absolute Gasteiger partial charge is 0.492 e. The van der Waals surface area contributed by atoms with Gasteiger partial charge >= 0.3 is 0 Å². The first-order valence-corrected chi connectivity index (χ1v) is 7.96. The number of rotatable bonds is 4. The number of halogens is 3. The average molecular weight is 369 g/mol. The highest BCUT2D eigenvalue weighted by molar-refractivity contribution is 6.43. The summed E-state index contributed by atoms with van der Waals surface area (Å²) in [7, 11) is 0. The van der Waals surface area contributed by atoms with Gasteiger partial charge in [-0.2, -0.15) is 0 Å². The molecule has 0 fully saturated rings. The maximum atomic E-state index is 6.09. The van der Waals surface area contributed by atoms with Crippen molar-refractivity contribution >= 4 is 51.7 Å². The van der Waals surface area contributed by atoms with Gasteiger partial charge < -0.3 is 10.5 Å². The van der Waals surface area contributed by atoms with E-state index in [1.165, 1.54) is 0 Å². The summed E-state index contributed by atoms with van der Waals surface area (Å²) in [5, 5.41) is 2.14. The number of hydrogen-bond acceptors (Lipinski definition) is 4. The Kier molecular flexibility index (Phi) is 4.76.